The molecule has 1 N–H and O–H groups in total. The Morgan fingerprint density at radius 3 is 2.65 bits per heavy atom. The van der Waals surface area contributed by atoms with E-state index >= 15 is 0 Å². The van der Waals surface area contributed by atoms with Crippen LogP contribution in [0.2, 0.25) is 0 Å². The second-order valence-electron chi connectivity index (χ2n) is 7.44. The van der Waals surface area contributed by atoms with Gasteiger partial charge in [0.05, 0.1) is 5.69 Å². The fourth-order valence-corrected chi connectivity index (χ4v) is 3.90. The monoisotopic (exact) mass is 350 g/mol. The van der Waals surface area contributed by atoms with E-state index < -0.39 is 0 Å². The third-order valence-corrected chi connectivity index (χ3v) is 5.53. The molecule has 0 aromatic heterocycles. The van der Waals surface area contributed by atoms with Crippen molar-refractivity contribution >= 4 is 11.6 Å². The van der Waals surface area contributed by atoms with E-state index in [1.165, 1.54) is 29.5 Å². The quantitative estimate of drug-likeness (QED) is 0.913. The number of anilines is 1. The van der Waals surface area contributed by atoms with Crippen LogP contribution in [0.3, 0.4) is 0 Å². The number of carbonyl (C=O) groups is 1. The van der Waals surface area contributed by atoms with E-state index in [9.17, 15) is 4.79 Å². The SMILES string of the molecule is Cc1ccc(C2CCN(CCc3ccc4c(c3)NC(=O)CO4)CC2)cc1. The summed E-state index contributed by atoms with van der Waals surface area (Å²) in [5.74, 6) is 1.39. The van der Waals surface area contributed by atoms with Crippen LogP contribution >= 0.6 is 0 Å². The van der Waals surface area contributed by atoms with Crippen LogP contribution in [0.25, 0.3) is 0 Å². The van der Waals surface area contributed by atoms with Crippen molar-refractivity contribution in [1.29, 1.82) is 0 Å². The van der Waals surface area contributed by atoms with Crippen molar-refractivity contribution in [3.05, 3.63) is 59.2 Å². The standard InChI is InChI=1S/C22H26N2O2/c1-16-2-5-18(6-3-16)19-9-12-24(13-10-19)11-8-17-4-7-21-20(14-17)23-22(25)15-26-21/h2-7,14,19H,8-13,15H2,1H3,(H,23,25). The van der Waals surface area contributed by atoms with E-state index in [1.807, 2.05) is 12.1 Å². The first-order chi connectivity index (χ1) is 12.7. The molecule has 0 unspecified atom stereocenters. The lowest BCUT2D eigenvalue weighted by Gasteiger charge is -2.32. The summed E-state index contributed by atoms with van der Waals surface area (Å²) in [6, 6.07) is 15.1. The number of benzene rings is 2. The summed E-state index contributed by atoms with van der Waals surface area (Å²) in [6.07, 6.45) is 3.46. The molecule has 0 spiro atoms. The predicted molar refractivity (Wildman–Crippen MR) is 104 cm³/mol. The van der Waals surface area contributed by atoms with Crippen molar-refractivity contribution in [2.24, 2.45) is 0 Å². The number of fused-ring (bicyclic) bond motifs is 1. The Morgan fingerprint density at radius 2 is 1.88 bits per heavy atom. The molecule has 4 heteroatoms. The average molecular weight is 350 g/mol. The normalized spacial score (nSPS) is 18.1. The second kappa shape index (κ2) is 7.50. The largest absolute Gasteiger partial charge is 0.482 e. The van der Waals surface area contributed by atoms with Gasteiger partial charge in [-0.2, -0.15) is 0 Å². The van der Waals surface area contributed by atoms with Gasteiger partial charge in [0.15, 0.2) is 6.61 Å². The Morgan fingerprint density at radius 1 is 1.12 bits per heavy atom. The van der Waals surface area contributed by atoms with Crippen LogP contribution < -0.4 is 10.1 Å². The highest BCUT2D eigenvalue weighted by atomic mass is 16.5. The van der Waals surface area contributed by atoms with Crippen LogP contribution in [0.15, 0.2) is 42.5 Å². The summed E-state index contributed by atoms with van der Waals surface area (Å²) in [6.45, 7) is 5.63. The van der Waals surface area contributed by atoms with Crippen LogP contribution in [0, 0.1) is 6.92 Å². The number of ether oxygens (including phenoxy) is 1. The Balaban J connectivity index is 1.29. The first kappa shape index (κ1) is 17.1. The topological polar surface area (TPSA) is 41.6 Å². The van der Waals surface area contributed by atoms with Crippen LogP contribution in [0.1, 0.15) is 35.4 Å². The summed E-state index contributed by atoms with van der Waals surface area (Å²) in [5, 5.41) is 2.89. The lowest BCUT2D eigenvalue weighted by Crippen LogP contribution is -2.34. The molecule has 0 atom stereocenters. The maximum atomic E-state index is 11.5. The molecule has 2 aromatic carbocycles. The van der Waals surface area contributed by atoms with Gasteiger partial charge in [-0.05, 0) is 68.5 Å². The van der Waals surface area contributed by atoms with E-state index in [2.05, 4.69) is 47.5 Å². The number of nitrogens with zero attached hydrogens (tertiary/aromatic N) is 1. The molecule has 1 saturated heterocycles. The van der Waals surface area contributed by atoms with Crippen molar-refractivity contribution < 1.29 is 9.53 Å². The lowest BCUT2D eigenvalue weighted by atomic mass is 9.89. The van der Waals surface area contributed by atoms with E-state index in [-0.39, 0.29) is 12.5 Å². The van der Waals surface area contributed by atoms with Crippen LogP contribution in [-0.2, 0) is 11.2 Å². The minimum absolute atomic E-state index is 0.0761. The average Bonchev–Trinajstić information content (AvgIpc) is 2.67. The first-order valence-corrected chi connectivity index (χ1v) is 9.52. The molecule has 2 aliphatic heterocycles. The van der Waals surface area contributed by atoms with E-state index in [0.29, 0.717) is 5.92 Å². The number of piperidine rings is 1. The minimum atomic E-state index is -0.0761. The van der Waals surface area contributed by atoms with Gasteiger partial charge in [-0.25, -0.2) is 0 Å². The molecule has 0 aliphatic carbocycles. The molecule has 26 heavy (non-hydrogen) atoms. The molecule has 4 rings (SSSR count). The van der Waals surface area contributed by atoms with E-state index in [4.69, 9.17) is 4.74 Å². The summed E-state index contributed by atoms with van der Waals surface area (Å²) < 4.78 is 5.42. The van der Waals surface area contributed by atoms with E-state index in [0.717, 1.165) is 37.5 Å². The molecule has 2 aliphatic rings. The number of hydrogen-bond acceptors (Lipinski definition) is 3. The van der Waals surface area contributed by atoms with Crippen molar-refractivity contribution in [2.45, 2.75) is 32.1 Å². The Hall–Kier alpha value is -2.33. The predicted octanol–water partition coefficient (Wildman–Crippen LogP) is 3.75. The lowest BCUT2D eigenvalue weighted by molar-refractivity contribution is -0.118. The smallest absolute Gasteiger partial charge is 0.262 e. The molecular formula is C22H26N2O2. The van der Waals surface area contributed by atoms with Crippen LogP contribution in [-0.4, -0.2) is 37.0 Å². The highest BCUT2D eigenvalue weighted by Gasteiger charge is 2.21. The zero-order valence-electron chi connectivity index (χ0n) is 15.3. The first-order valence-electron chi connectivity index (χ1n) is 9.52. The van der Waals surface area contributed by atoms with Gasteiger partial charge in [0, 0.05) is 6.54 Å². The minimum Gasteiger partial charge on any atom is -0.482 e. The van der Waals surface area contributed by atoms with Gasteiger partial charge in [0.2, 0.25) is 0 Å². The maximum absolute atomic E-state index is 11.5. The number of rotatable bonds is 4. The molecule has 2 heterocycles. The molecule has 0 saturated carbocycles. The molecular weight excluding hydrogens is 324 g/mol. The zero-order chi connectivity index (χ0) is 17.9. The molecule has 1 amide bonds. The summed E-state index contributed by atoms with van der Waals surface area (Å²) in [5.41, 5.74) is 4.87. The molecule has 1 fully saturated rings. The highest BCUT2D eigenvalue weighted by molar-refractivity contribution is 5.95. The van der Waals surface area contributed by atoms with Gasteiger partial charge in [-0.1, -0.05) is 35.9 Å². The number of aryl methyl sites for hydroxylation is 1. The van der Waals surface area contributed by atoms with Gasteiger partial charge >= 0.3 is 0 Å². The van der Waals surface area contributed by atoms with Gasteiger partial charge in [-0.15, -0.1) is 0 Å². The van der Waals surface area contributed by atoms with Gasteiger partial charge in [-0.3, -0.25) is 4.79 Å². The number of carbonyl (C=O) groups excluding carboxylic acids is 1. The number of nitrogens with one attached hydrogen (secondary N) is 1. The number of amides is 1. The number of hydrogen-bond donors (Lipinski definition) is 1. The fraction of sp³-hybridized carbons (Fsp3) is 0.409. The van der Waals surface area contributed by atoms with Crippen molar-refractivity contribution in [3.63, 3.8) is 0 Å². The van der Waals surface area contributed by atoms with Crippen molar-refractivity contribution in [2.75, 3.05) is 31.6 Å². The summed E-state index contributed by atoms with van der Waals surface area (Å²) in [4.78, 5) is 14.0. The van der Waals surface area contributed by atoms with Crippen LogP contribution in [0.4, 0.5) is 5.69 Å². The summed E-state index contributed by atoms with van der Waals surface area (Å²) in [7, 11) is 0. The van der Waals surface area contributed by atoms with Crippen LogP contribution in [0.5, 0.6) is 5.75 Å². The second-order valence-corrected chi connectivity index (χ2v) is 7.44. The van der Waals surface area contributed by atoms with Crippen molar-refractivity contribution in [1.82, 2.24) is 4.90 Å². The molecule has 0 bridgehead atoms. The number of likely N-dealkylation sites (tertiary alicyclic amines) is 1. The molecule has 2 aromatic rings. The Bertz CT molecular complexity index is 777. The highest BCUT2D eigenvalue weighted by Crippen LogP contribution is 2.30. The molecule has 0 radical (unpaired) electrons. The third kappa shape index (κ3) is 3.91. The molecule has 4 nitrogen and oxygen atoms in total. The fourth-order valence-electron chi connectivity index (χ4n) is 3.90. The van der Waals surface area contributed by atoms with Gasteiger partial charge in [0.1, 0.15) is 5.75 Å². The zero-order valence-corrected chi connectivity index (χ0v) is 15.3. The molecule has 136 valence electrons. The van der Waals surface area contributed by atoms with E-state index in [1.54, 1.807) is 0 Å². The van der Waals surface area contributed by atoms with Gasteiger partial charge in [0.25, 0.3) is 5.91 Å². The van der Waals surface area contributed by atoms with Gasteiger partial charge < -0.3 is 15.0 Å². The Labute approximate surface area is 155 Å². The third-order valence-electron chi connectivity index (χ3n) is 5.53. The maximum Gasteiger partial charge on any atom is 0.262 e. The Kier molecular flexibility index (Phi) is 4.93. The van der Waals surface area contributed by atoms with Crippen molar-refractivity contribution in [3.8, 4) is 5.75 Å². The summed E-state index contributed by atoms with van der Waals surface area (Å²) >= 11 is 0.